The van der Waals surface area contributed by atoms with Crippen LogP contribution in [-0.2, 0) is 6.18 Å². The highest BCUT2D eigenvalue weighted by molar-refractivity contribution is 5.68. The van der Waals surface area contributed by atoms with E-state index in [4.69, 9.17) is 0 Å². The molecular formula is C20H21F3N6O. The lowest BCUT2D eigenvalue weighted by Gasteiger charge is -2.25. The number of aromatic nitrogens is 5. The Morgan fingerprint density at radius 2 is 2.03 bits per heavy atom. The van der Waals surface area contributed by atoms with Gasteiger partial charge in [-0.05, 0) is 62.4 Å². The zero-order chi connectivity index (χ0) is 21.3. The second-order valence-electron chi connectivity index (χ2n) is 7.53. The zero-order valence-corrected chi connectivity index (χ0v) is 16.3. The van der Waals surface area contributed by atoms with Gasteiger partial charge in [0.25, 0.3) is 0 Å². The van der Waals surface area contributed by atoms with Crippen molar-refractivity contribution < 1.29 is 18.3 Å². The average Bonchev–Trinajstić information content (AvgIpc) is 3.17. The third kappa shape index (κ3) is 4.59. The highest BCUT2D eigenvalue weighted by Gasteiger charge is 2.32. The van der Waals surface area contributed by atoms with Crippen molar-refractivity contribution in [3.05, 3.63) is 47.9 Å². The van der Waals surface area contributed by atoms with Crippen molar-refractivity contribution in [3.63, 3.8) is 0 Å². The molecule has 1 aliphatic rings. The maximum Gasteiger partial charge on any atom is 0.433 e. The van der Waals surface area contributed by atoms with E-state index in [1.54, 1.807) is 16.8 Å². The second kappa shape index (κ2) is 8.02. The highest BCUT2D eigenvalue weighted by Crippen LogP contribution is 2.31. The summed E-state index contributed by atoms with van der Waals surface area (Å²) in [5.74, 6) is -0.138. The van der Waals surface area contributed by atoms with E-state index < -0.39 is 11.9 Å². The molecule has 0 bridgehead atoms. The van der Waals surface area contributed by atoms with Crippen molar-refractivity contribution in [1.29, 1.82) is 0 Å². The van der Waals surface area contributed by atoms with E-state index in [1.807, 2.05) is 19.2 Å². The van der Waals surface area contributed by atoms with Crippen LogP contribution < -0.4 is 5.32 Å². The Hall–Kier alpha value is -3.01. The molecule has 3 aromatic rings. The number of nitrogens with zero attached hydrogens (tertiary/aromatic N) is 5. The van der Waals surface area contributed by atoms with Crippen LogP contribution in [0.3, 0.4) is 0 Å². The molecule has 0 unspecified atom stereocenters. The first-order valence-corrected chi connectivity index (χ1v) is 9.67. The van der Waals surface area contributed by atoms with Gasteiger partial charge in [-0.15, -0.1) is 5.10 Å². The molecule has 10 heteroatoms. The normalized spacial score (nSPS) is 19.6. The quantitative estimate of drug-likeness (QED) is 0.657. The number of hydrogen-bond acceptors (Lipinski definition) is 6. The van der Waals surface area contributed by atoms with Gasteiger partial charge in [0, 0.05) is 17.4 Å². The summed E-state index contributed by atoms with van der Waals surface area (Å²) in [6.07, 6.45) is 1.38. The van der Waals surface area contributed by atoms with Crippen LogP contribution in [-0.4, -0.2) is 36.2 Å². The molecule has 2 N–H and O–H groups in total. The van der Waals surface area contributed by atoms with Gasteiger partial charge in [0.15, 0.2) is 0 Å². The summed E-state index contributed by atoms with van der Waals surface area (Å²) in [4.78, 5) is 7.42. The van der Waals surface area contributed by atoms with Gasteiger partial charge in [-0.3, -0.25) is 0 Å². The Kier molecular flexibility index (Phi) is 5.42. The second-order valence-corrected chi connectivity index (χ2v) is 7.53. The fraction of sp³-hybridized carbons (Fsp3) is 0.400. The number of halogens is 3. The molecule has 4 rings (SSSR count). The molecular weight excluding hydrogens is 397 g/mol. The predicted octanol–water partition coefficient (Wildman–Crippen LogP) is 4.28. The number of aliphatic hydroxyl groups is 1. The molecule has 0 spiro atoms. The molecule has 0 amide bonds. The van der Waals surface area contributed by atoms with Crippen molar-refractivity contribution in [1.82, 2.24) is 25.0 Å². The van der Waals surface area contributed by atoms with Gasteiger partial charge in [0.1, 0.15) is 11.4 Å². The minimum Gasteiger partial charge on any atom is -0.393 e. The van der Waals surface area contributed by atoms with Gasteiger partial charge in [-0.2, -0.15) is 13.2 Å². The Labute approximate surface area is 171 Å². The third-order valence-electron chi connectivity index (χ3n) is 5.08. The molecule has 2 aromatic heterocycles. The Balaban J connectivity index is 1.57. The SMILES string of the molecule is Cc1cc(Nc2nccc(C(F)(F)F)n2)cc(-c2cn([C@@H]3CCC[C@H](O)C3)nn2)c1. The molecule has 158 valence electrons. The van der Waals surface area contributed by atoms with Gasteiger partial charge in [-0.1, -0.05) is 5.21 Å². The number of aryl methyl sites for hydroxylation is 1. The Morgan fingerprint density at radius 1 is 1.20 bits per heavy atom. The number of aliphatic hydroxyl groups excluding tert-OH is 1. The van der Waals surface area contributed by atoms with Crippen LogP contribution in [0.1, 0.15) is 43.0 Å². The molecule has 30 heavy (non-hydrogen) atoms. The standard InChI is InChI=1S/C20H21F3N6O/c1-12-7-13(17-11-29(28-27-17)15-3-2-4-16(30)10-15)9-14(8-12)25-19-24-6-5-18(26-19)20(21,22)23/h5-9,11,15-16,30H,2-4,10H2,1H3,(H,24,25,26)/t15-,16+/m1/s1. The molecule has 0 aliphatic heterocycles. The van der Waals surface area contributed by atoms with Gasteiger partial charge in [0.05, 0.1) is 18.3 Å². The fourth-order valence-corrected chi connectivity index (χ4v) is 3.68. The van der Waals surface area contributed by atoms with Crippen molar-refractivity contribution in [3.8, 4) is 11.3 Å². The van der Waals surface area contributed by atoms with Gasteiger partial charge in [-0.25, -0.2) is 14.6 Å². The highest BCUT2D eigenvalue weighted by atomic mass is 19.4. The van der Waals surface area contributed by atoms with Crippen molar-refractivity contribution >= 4 is 11.6 Å². The molecule has 1 aromatic carbocycles. The zero-order valence-electron chi connectivity index (χ0n) is 16.3. The maximum atomic E-state index is 12.9. The third-order valence-corrected chi connectivity index (χ3v) is 5.08. The smallest absolute Gasteiger partial charge is 0.393 e. The summed E-state index contributed by atoms with van der Waals surface area (Å²) < 4.78 is 40.4. The molecule has 2 atom stereocenters. The minimum absolute atomic E-state index is 0.107. The fourth-order valence-electron chi connectivity index (χ4n) is 3.68. The topological polar surface area (TPSA) is 88.8 Å². The number of rotatable bonds is 4. The summed E-state index contributed by atoms with van der Waals surface area (Å²) >= 11 is 0. The van der Waals surface area contributed by atoms with E-state index in [-0.39, 0.29) is 18.1 Å². The lowest BCUT2D eigenvalue weighted by molar-refractivity contribution is -0.141. The monoisotopic (exact) mass is 418 g/mol. The van der Waals surface area contributed by atoms with Gasteiger partial charge < -0.3 is 10.4 Å². The van der Waals surface area contributed by atoms with Gasteiger partial charge >= 0.3 is 6.18 Å². The molecule has 7 nitrogen and oxygen atoms in total. The summed E-state index contributed by atoms with van der Waals surface area (Å²) in [6.45, 7) is 1.88. The van der Waals surface area contributed by atoms with Crippen molar-refractivity contribution in [2.24, 2.45) is 0 Å². The molecule has 1 saturated carbocycles. The number of nitrogens with one attached hydrogen (secondary N) is 1. The predicted molar refractivity (Wildman–Crippen MR) is 104 cm³/mol. The van der Waals surface area contributed by atoms with Crippen molar-refractivity contribution in [2.75, 3.05) is 5.32 Å². The lowest BCUT2D eigenvalue weighted by Crippen LogP contribution is -2.22. The molecule has 0 radical (unpaired) electrons. The summed E-state index contributed by atoms with van der Waals surface area (Å²) in [5.41, 5.74) is 1.85. The summed E-state index contributed by atoms with van der Waals surface area (Å²) in [5, 5.41) is 21.2. The van der Waals surface area contributed by atoms with E-state index >= 15 is 0 Å². The molecule has 0 saturated heterocycles. The first-order chi connectivity index (χ1) is 14.3. The summed E-state index contributed by atoms with van der Waals surface area (Å²) in [6, 6.07) is 6.40. The Morgan fingerprint density at radius 3 is 2.80 bits per heavy atom. The number of benzene rings is 1. The van der Waals surface area contributed by atoms with Crippen LogP contribution in [0.4, 0.5) is 24.8 Å². The molecule has 1 aliphatic carbocycles. The van der Waals surface area contributed by atoms with Crippen LogP contribution in [0.25, 0.3) is 11.3 Å². The van der Waals surface area contributed by atoms with Crippen LogP contribution in [0.2, 0.25) is 0 Å². The minimum atomic E-state index is -4.54. The number of anilines is 2. The number of hydrogen-bond donors (Lipinski definition) is 2. The maximum absolute atomic E-state index is 12.9. The van der Waals surface area contributed by atoms with Crippen LogP contribution in [0.15, 0.2) is 36.7 Å². The lowest BCUT2D eigenvalue weighted by atomic mass is 9.93. The molecule has 1 fully saturated rings. The van der Waals surface area contributed by atoms with Crippen LogP contribution in [0, 0.1) is 6.92 Å². The van der Waals surface area contributed by atoms with Gasteiger partial charge in [0.2, 0.25) is 5.95 Å². The summed E-state index contributed by atoms with van der Waals surface area (Å²) in [7, 11) is 0. The van der Waals surface area contributed by atoms with Crippen LogP contribution >= 0.6 is 0 Å². The first-order valence-electron chi connectivity index (χ1n) is 9.67. The number of alkyl halides is 3. The van der Waals surface area contributed by atoms with E-state index in [0.717, 1.165) is 42.7 Å². The largest absolute Gasteiger partial charge is 0.433 e. The van der Waals surface area contributed by atoms with E-state index in [9.17, 15) is 18.3 Å². The van der Waals surface area contributed by atoms with E-state index in [1.165, 1.54) is 0 Å². The average molecular weight is 418 g/mol. The van der Waals surface area contributed by atoms with E-state index in [2.05, 4.69) is 25.6 Å². The first kappa shape index (κ1) is 20.3. The van der Waals surface area contributed by atoms with Crippen molar-refractivity contribution in [2.45, 2.75) is 50.9 Å². The van der Waals surface area contributed by atoms with Crippen LogP contribution in [0.5, 0.6) is 0 Å². The Bertz CT molecular complexity index is 1040. The van der Waals surface area contributed by atoms with E-state index in [0.29, 0.717) is 17.8 Å². The molecule has 2 heterocycles.